The lowest BCUT2D eigenvalue weighted by Gasteiger charge is -2.42. The highest BCUT2D eigenvalue weighted by atomic mass is 15.3. The average molecular weight is 211 g/mol. The standard InChI is InChI=1S/C12H25N3/c1-4-11(14-13)12(2,3)15-9-7-5-6-8-10-15/h4,11,14H,1,5-10,13H2,2-3H3. The summed E-state index contributed by atoms with van der Waals surface area (Å²) in [6.45, 7) is 10.7. The van der Waals surface area contributed by atoms with E-state index in [4.69, 9.17) is 5.84 Å². The molecule has 1 atom stereocenters. The van der Waals surface area contributed by atoms with Crippen molar-refractivity contribution < 1.29 is 0 Å². The fourth-order valence-corrected chi connectivity index (χ4v) is 2.40. The van der Waals surface area contributed by atoms with Gasteiger partial charge >= 0.3 is 0 Å². The van der Waals surface area contributed by atoms with E-state index in [-0.39, 0.29) is 11.6 Å². The van der Waals surface area contributed by atoms with Crippen molar-refractivity contribution in [3.05, 3.63) is 12.7 Å². The van der Waals surface area contributed by atoms with Crippen LogP contribution in [-0.4, -0.2) is 29.6 Å². The van der Waals surface area contributed by atoms with Crippen LogP contribution in [0.1, 0.15) is 39.5 Å². The Morgan fingerprint density at radius 1 is 1.27 bits per heavy atom. The van der Waals surface area contributed by atoms with Crippen molar-refractivity contribution in [2.75, 3.05) is 13.1 Å². The molecule has 0 amide bonds. The number of nitrogens with zero attached hydrogens (tertiary/aromatic N) is 1. The van der Waals surface area contributed by atoms with Crippen LogP contribution in [0.5, 0.6) is 0 Å². The van der Waals surface area contributed by atoms with E-state index in [1.54, 1.807) is 0 Å². The smallest absolute Gasteiger partial charge is 0.0566 e. The third kappa shape index (κ3) is 3.03. The van der Waals surface area contributed by atoms with Gasteiger partial charge in [-0.05, 0) is 39.8 Å². The predicted molar refractivity (Wildman–Crippen MR) is 65.4 cm³/mol. The maximum atomic E-state index is 5.57. The van der Waals surface area contributed by atoms with E-state index < -0.39 is 0 Å². The van der Waals surface area contributed by atoms with Crippen LogP contribution in [0.3, 0.4) is 0 Å². The Kier molecular flexibility index (Phi) is 4.77. The van der Waals surface area contributed by atoms with E-state index in [1.165, 1.54) is 38.8 Å². The summed E-state index contributed by atoms with van der Waals surface area (Å²) in [5.74, 6) is 5.57. The molecule has 0 radical (unpaired) electrons. The molecule has 1 heterocycles. The van der Waals surface area contributed by atoms with Gasteiger partial charge in [-0.2, -0.15) is 0 Å². The molecule has 0 aromatic carbocycles. The third-order valence-corrected chi connectivity index (χ3v) is 3.60. The molecule has 1 fully saturated rings. The monoisotopic (exact) mass is 211 g/mol. The Labute approximate surface area is 93.7 Å². The van der Waals surface area contributed by atoms with Gasteiger partial charge in [0, 0.05) is 5.54 Å². The molecule has 0 saturated carbocycles. The summed E-state index contributed by atoms with van der Waals surface area (Å²) < 4.78 is 0. The summed E-state index contributed by atoms with van der Waals surface area (Å²) >= 11 is 0. The molecular formula is C12H25N3. The summed E-state index contributed by atoms with van der Waals surface area (Å²) in [7, 11) is 0. The van der Waals surface area contributed by atoms with Gasteiger partial charge in [0.1, 0.15) is 0 Å². The molecule has 1 saturated heterocycles. The maximum absolute atomic E-state index is 5.57. The average Bonchev–Trinajstić information content (AvgIpc) is 2.47. The molecule has 3 N–H and O–H groups in total. The SMILES string of the molecule is C=CC(NN)C(C)(C)N1CCCCCC1. The van der Waals surface area contributed by atoms with Crippen LogP contribution < -0.4 is 11.3 Å². The Balaban J connectivity index is 2.68. The van der Waals surface area contributed by atoms with Crippen molar-refractivity contribution in [3.63, 3.8) is 0 Å². The Morgan fingerprint density at radius 2 is 1.80 bits per heavy atom. The fourth-order valence-electron chi connectivity index (χ4n) is 2.40. The van der Waals surface area contributed by atoms with Crippen molar-refractivity contribution in [1.82, 2.24) is 10.3 Å². The van der Waals surface area contributed by atoms with Gasteiger partial charge in [0.05, 0.1) is 6.04 Å². The summed E-state index contributed by atoms with van der Waals surface area (Å²) in [4.78, 5) is 2.53. The number of nitrogens with one attached hydrogen (secondary N) is 1. The number of nitrogens with two attached hydrogens (primary N) is 1. The van der Waals surface area contributed by atoms with Gasteiger partial charge in [-0.15, -0.1) is 6.58 Å². The molecule has 0 aromatic rings. The summed E-state index contributed by atoms with van der Waals surface area (Å²) in [6.07, 6.45) is 7.24. The molecule has 0 spiro atoms. The summed E-state index contributed by atoms with van der Waals surface area (Å²) in [6, 6.07) is 0.149. The minimum Gasteiger partial charge on any atom is -0.296 e. The van der Waals surface area contributed by atoms with Crippen LogP contribution >= 0.6 is 0 Å². The molecule has 0 aromatic heterocycles. The molecule has 15 heavy (non-hydrogen) atoms. The fraction of sp³-hybridized carbons (Fsp3) is 0.833. The third-order valence-electron chi connectivity index (χ3n) is 3.60. The van der Waals surface area contributed by atoms with Gasteiger partial charge in [0.15, 0.2) is 0 Å². The molecule has 1 unspecified atom stereocenters. The first-order chi connectivity index (χ1) is 7.12. The number of likely N-dealkylation sites (tertiary alicyclic amines) is 1. The van der Waals surface area contributed by atoms with Gasteiger partial charge in [-0.3, -0.25) is 16.2 Å². The highest BCUT2D eigenvalue weighted by Crippen LogP contribution is 2.23. The predicted octanol–water partition coefficient (Wildman–Crippen LogP) is 1.66. The van der Waals surface area contributed by atoms with Crippen LogP contribution in [0.2, 0.25) is 0 Å². The lowest BCUT2D eigenvalue weighted by Crippen LogP contribution is -2.58. The van der Waals surface area contributed by atoms with E-state index in [1.807, 2.05) is 6.08 Å². The number of rotatable bonds is 4. The van der Waals surface area contributed by atoms with E-state index in [0.717, 1.165) is 0 Å². The van der Waals surface area contributed by atoms with E-state index >= 15 is 0 Å². The lowest BCUT2D eigenvalue weighted by molar-refractivity contribution is 0.0999. The van der Waals surface area contributed by atoms with E-state index in [2.05, 4.69) is 30.8 Å². The van der Waals surface area contributed by atoms with Crippen LogP contribution in [-0.2, 0) is 0 Å². The molecule has 1 rings (SSSR count). The number of hydrogen-bond donors (Lipinski definition) is 2. The first-order valence-corrected chi connectivity index (χ1v) is 5.96. The highest BCUT2D eigenvalue weighted by Gasteiger charge is 2.33. The first kappa shape index (κ1) is 12.7. The molecule has 1 aliphatic rings. The summed E-state index contributed by atoms with van der Waals surface area (Å²) in [5, 5.41) is 0. The van der Waals surface area contributed by atoms with Gasteiger partial charge in [-0.25, -0.2) is 0 Å². The van der Waals surface area contributed by atoms with Crippen LogP contribution in [0.4, 0.5) is 0 Å². The van der Waals surface area contributed by atoms with Crippen molar-refractivity contribution in [2.45, 2.75) is 51.1 Å². The van der Waals surface area contributed by atoms with E-state index in [9.17, 15) is 0 Å². The van der Waals surface area contributed by atoms with Crippen molar-refractivity contribution >= 4 is 0 Å². The zero-order valence-electron chi connectivity index (χ0n) is 10.1. The summed E-state index contributed by atoms with van der Waals surface area (Å²) in [5.41, 5.74) is 2.91. The van der Waals surface area contributed by atoms with E-state index in [0.29, 0.717) is 0 Å². The van der Waals surface area contributed by atoms with Crippen molar-refractivity contribution in [3.8, 4) is 0 Å². The Morgan fingerprint density at radius 3 is 2.20 bits per heavy atom. The molecular weight excluding hydrogens is 186 g/mol. The zero-order valence-corrected chi connectivity index (χ0v) is 10.1. The van der Waals surface area contributed by atoms with Gasteiger partial charge in [0.25, 0.3) is 0 Å². The van der Waals surface area contributed by atoms with Crippen molar-refractivity contribution in [1.29, 1.82) is 0 Å². The molecule has 0 bridgehead atoms. The Bertz CT molecular complexity index is 193. The lowest BCUT2D eigenvalue weighted by atomic mass is 9.92. The number of hydrazine groups is 1. The molecule has 3 heteroatoms. The van der Waals surface area contributed by atoms with Gasteiger partial charge in [-0.1, -0.05) is 18.9 Å². The molecule has 0 aliphatic carbocycles. The van der Waals surface area contributed by atoms with Crippen LogP contribution in [0.15, 0.2) is 12.7 Å². The minimum atomic E-state index is 0.0564. The van der Waals surface area contributed by atoms with Crippen LogP contribution in [0.25, 0.3) is 0 Å². The second-order valence-corrected chi connectivity index (χ2v) is 4.93. The number of hydrogen-bond acceptors (Lipinski definition) is 3. The minimum absolute atomic E-state index is 0.0564. The second kappa shape index (κ2) is 5.64. The highest BCUT2D eigenvalue weighted by molar-refractivity contribution is 5.02. The van der Waals surface area contributed by atoms with Crippen LogP contribution in [0, 0.1) is 0 Å². The maximum Gasteiger partial charge on any atom is 0.0566 e. The quantitative estimate of drug-likeness (QED) is 0.422. The first-order valence-electron chi connectivity index (χ1n) is 5.96. The topological polar surface area (TPSA) is 41.3 Å². The molecule has 3 nitrogen and oxygen atoms in total. The van der Waals surface area contributed by atoms with Gasteiger partial charge in [0.2, 0.25) is 0 Å². The zero-order chi connectivity index (χ0) is 11.3. The normalized spacial score (nSPS) is 22.1. The second-order valence-electron chi connectivity index (χ2n) is 4.93. The molecule has 1 aliphatic heterocycles. The Hall–Kier alpha value is -0.380. The van der Waals surface area contributed by atoms with Gasteiger partial charge < -0.3 is 0 Å². The van der Waals surface area contributed by atoms with Crippen molar-refractivity contribution in [2.24, 2.45) is 5.84 Å². The largest absolute Gasteiger partial charge is 0.296 e. The molecule has 88 valence electrons.